The largest absolute Gasteiger partial charge is 0.465 e. The number of hydrogen-bond acceptors (Lipinski definition) is 3. The molecule has 1 aromatic rings. The molecule has 2 rings (SSSR count). The monoisotopic (exact) mass is 205 g/mol. The van der Waals surface area contributed by atoms with Crippen LogP contribution in [0, 0.1) is 6.92 Å². The van der Waals surface area contributed by atoms with Gasteiger partial charge in [0.2, 0.25) is 0 Å². The van der Waals surface area contributed by atoms with Crippen LogP contribution in [0.3, 0.4) is 0 Å². The Morgan fingerprint density at radius 1 is 1.47 bits per heavy atom. The van der Waals surface area contributed by atoms with E-state index in [9.17, 15) is 4.79 Å². The Balaban J connectivity index is 2.52. The highest BCUT2D eigenvalue weighted by molar-refractivity contribution is 5.93. The zero-order valence-electron chi connectivity index (χ0n) is 9.09. The number of ether oxygens (including phenoxy) is 1. The van der Waals surface area contributed by atoms with Gasteiger partial charge in [-0.05, 0) is 37.0 Å². The smallest absolute Gasteiger partial charge is 0.338 e. The molecule has 1 heterocycles. The summed E-state index contributed by atoms with van der Waals surface area (Å²) in [6, 6.07) is 3.82. The van der Waals surface area contributed by atoms with Gasteiger partial charge in [0.15, 0.2) is 0 Å². The SMILES string of the molecule is COC(=O)c1ccc(C)c2c1CCCN2. The van der Waals surface area contributed by atoms with Crippen LogP contribution < -0.4 is 5.32 Å². The number of esters is 1. The molecule has 1 N–H and O–H groups in total. The Hall–Kier alpha value is -1.51. The lowest BCUT2D eigenvalue weighted by molar-refractivity contribution is 0.0599. The van der Waals surface area contributed by atoms with E-state index in [1.807, 2.05) is 12.1 Å². The van der Waals surface area contributed by atoms with Gasteiger partial charge in [-0.15, -0.1) is 0 Å². The van der Waals surface area contributed by atoms with E-state index < -0.39 is 0 Å². The molecule has 3 heteroatoms. The number of carbonyl (C=O) groups is 1. The van der Waals surface area contributed by atoms with Crippen LogP contribution in [-0.4, -0.2) is 19.6 Å². The van der Waals surface area contributed by atoms with Crippen molar-refractivity contribution >= 4 is 11.7 Å². The van der Waals surface area contributed by atoms with Gasteiger partial charge in [0, 0.05) is 12.2 Å². The summed E-state index contributed by atoms with van der Waals surface area (Å²) in [7, 11) is 1.42. The molecule has 1 aliphatic rings. The van der Waals surface area contributed by atoms with Crippen LogP contribution in [0.15, 0.2) is 12.1 Å². The van der Waals surface area contributed by atoms with E-state index in [-0.39, 0.29) is 5.97 Å². The van der Waals surface area contributed by atoms with Crippen molar-refractivity contribution in [3.8, 4) is 0 Å². The molecule has 0 aromatic heterocycles. The zero-order valence-corrected chi connectivity index (χ0v) is 9.09. The van der Waals surface area contributed by atoms with Crippen molar-refractivity contribution in [3.05, 3.63) is 28.8 Å². The van der Waals surface area contributed by atoms with Crippen molar-refractivity contribution in [1.82, 2.24) is 0 Å². The number of aryl methyl sites for hydroxylation is 1. The fourth-order valence-corrected chi connectivity index (χ4v) is 2.05. The minimum Gasteiger partial charge on any atom is -0.465 e. The van der Waals surface area contributed by atoms with Crippen molar-refractivity contribution < 1.29 is 9.53 Å². The van der Waals surface area contributed by atoms with E-state index in [1.54, 1.807) is 0 Å². The zero-order chi connectivity index (χ0) is 10.8. The van der Waals surface area contributed by atoms with E-state index in [4.69, 9.17) is 4.74 Å². The number of anilines is 1. The number of benzene rings is 1. The standard InChI is InChI=1S/C12H15NO2/c1-8-5-6-10(12(14)15-2)9-4-3-7-13-11(8)9/h5-6,13H,3-4,7H2,1-2H3. The van der Waals surface area contributed by atoms with Gasteiger partial charge in [0.25, 0.3) is 0 Å². The quantitative estimate of drug-likeness (QED) is 0.714. The van der Waals surface area contributed by atoms with E-state index in [2.05, 4.69) is 12.2 Å². The van der Waals surface area contributed by atoms with E-state index in [1.165, 1.54) is 12.7 Å². The van der Waals surface area contributed by atoms with Gasteiger partial charge >= 0.3 is 5.97 Å². The number of hydrogen-bond donors (Lipinski definition) is 1. The molecule has 0 saturated carbocycles. The van der Waals surface area contributed by atoms with Gasteiger partial charge in [-0.1, -0.05) is 6.07 Å². The van der Waals surface area contributed by atoms with Gasteiger partial charge < -0.3 is 10.1 Å². The van der Waals surface area contributed by atoms with E-state index in [0.29, 0.717) is 5.56 Å². The molecule has 0 saturated heterocycles. The van der Waals surface area contributed by atoms with Crippen LogP contribution >= 0.6 is 0 Å². The second-order valence-corrected chi connectivity index (χ2v) is 3.81. The number of methoxy groups -OCH3 is 1. The maximum atomic E-state index is 11.5. The second kappa shape index (κ2) is 3.93. The number of rotatable bonds is 1. The van der Waals surface area contributed by atoms with Crippen molar-refractivity contribution in [3.63, 3.8) is 0 Å². The summed E-state index contributed by atoms with van der Waals surface area (Å²) in [6.45, 7) is 3.04. The summed E-state index contributed by atoms with van der Waals surface area (Å²) in [5.74, 6) is -0.241. The molecule has 0 unspecified atom stereocenters. The summed E-state index contributed by atoms with van der Waals surface area (Å²) in [4.78, 5) is 11.5. The molecular formula is C12H15NO2. The van der Waals surface area contributed by atoms with Crippen LogP contribution in [0.4, 0.5) is 5.69 Å². The Bertz CT molecular complexity index is 399. The Kier molecular flexibility index (Phi) is 2.62. The van der Waals surface area contributed by atoms with Crippen molar-refractivity contribution in [2.24, 2.45) is 0 Å². The third-order valence-electron chi connectivity index (χ3n) is 2.83. The number of fused-ring (bicyclic) bond motifs is 1. The van der Waals surface area contributed by atoms with Gasteiger partial charge in [0.1, 0.15) is 0 Å². The normalized spacial score (nSPS) is 14.0. The van der Waals surface area contributed by atoms with Crippen LogP contribution in [0.25, 0.3) is 0 Å². The third kappa shape index (κ3) is 1.69. The molecule has 0 bridgehead atoms. The second-order valence-electron chi connectivity index (χ2n) is 3.81. The fraction of sp³-hybridized carbons (Fsp3) is 0.417. The molecule has 1 aliphatic heterocycles. The molecule has 0 aliphatic carbocycles. The first-order valence-electron chi connectivity index (χ1n) is 5.18. The molecule has 0 spiro atoms. The van der Waals surface area contributed by atoms with E-state index in [0.717, 1.165) is 30.6 Å². The lowest BCUT2D eigenvalue weighted by Crippen LogP contribution is -2.17. The summed E-state index contributed by atoms with van der Waals surface area (Å²) >= 11 is 0. The molecule has 80 valence electrons. The van der Waals surface area contributed by atoms with Gasteiger partial charge in [-0.3, -0.25) is 0 Å². The maximum Gasteiger partial charge on any atom is 0.338 e. The maximum absolute atomic E-state index is 11.5. The molecule has 3 nitrogen and oxygen atoms in total. The highest BCUT2D eigenvalue weighted by atomic mass is 16.5. The predicted molar refractivity (Wildman–Crippen MR) is 59.3 cm³/mol. The highest BCUT2D eigenvalue weighted by Gasteiger charge is 2.19. The fourth-order valence-electron chi connectivity index (χ4n) is 2.05. The molecule has 15 heavy (non-hydrogen) atoms. The summed E-state index contributed by atoms with van der Waals surface area (Å²) in [5, 5.41) is 3.34. The lowest BCUT2D eigenvalue weighted by atomic mass is 9.95. The van der Waals surface area contributed by atoms with Crippen molar-refractivity contribution in [2.75, 3.05) is 19.0 Å². The van der Waals surface area contributed by atoms with Crippen molar-refractivity contribution in [1.29, 1.82) is 0 Å². The minimum atomic E-state index is -0.241. The van der Waals surface area contributed by atoms with Crippen LogP contribution in [0.1, 0.15) is 27.9 Å². The molecule has 1 aromatic carbocycles. The minimum absolute atomic E-state index is 0.241. The van der Waals surface area contributed by atoms with E-state index >= 15 is 0 Å². The average Bonchev–Trinajstić information content (AvgIpc) is 2.29. The van der Waals surface area contributed by atoms with Crippen molar-refractivity contribution in [2.45, 2.75) is 19.8 Å². The first kappa shape index (κ1) is 10.0. The van der Waals surface area contributed by atoms with Crippen LogP contribution in [0.5, 0.6) is 0 Å². The number of carbonyl (C=O) groups excluding carboxylic acids is 1. The molecule has 0 fully saturated rings. The molecule has 0 amide bonds. The van der Waals surface area contributed by atoms with Crippen LogP contribution in [-0.2, 0) is 11.2 Å². The molecular weight excluding hydrogens is 190 g/mol. The first-order valence-corrected chi connectivity index (χ1v) is 5.18. The van der Waals surface area contributed by atoms with Crippen LogP contribution in [0.2, 0.25) is 0 Å². The first-order chi connectivity index (χ1) is 7.24. The third-order valence-corrected chi connectivity index (χ3v) is 2.83. The predicted octanol–water partition coefficient (Wildman–Crippen LogP) is 2.14. The highest BCUT2D eigenvalue weighted by Crippen LogP contribution is 2.29. The summed E-state index contributed by atoms with van der Waals surface area (Å²) < 4.78 is 4.78. The Labute approximate surface area is 89.4 Å². The number of nitrogens with one attached hydrogen (secondary N) is 1. The van der Waals surface area contributed by atoms with Gasteiger partial charge in [-0.2, -0.15) is 0 Å². The summed E-state index contributed by atoms with van der Waals surface area (Å²) in [5.41, 5.74) is 4.11. The van der Waals surface area contributed by atoms with Gasteiger partial charge in [-0.25, -0.2) is 4.79 Å². The average molecular weight is 205 g/mol. The summed E-state index contributed by atoms with van der Waals surface area (Å²) in [6.07, 6.45) is 2.02. The lowest BCUT2D eigenvalue weighted by Gasteiger charge is -2.22. The Morgan fingerprint density at radius 3 is 3.00 bits per heavy atom. The molecule has 0 atom stereocenters. The Morgan fingerprint density at radius 2 is 2.27 bits per heavy atom. The topological polar surface area (TPSA) is 38.3 Å². The molecule has 0 radical (unpaired) electrons. The van der Waals surface area contributed by atoms with Gasteiger partial charge in [0.05, 0.1) is 12.7 Å².